The van der Waals surface area contributed by atoms with Gasteiger partial charge < -0.3 is 0 Å². The Morgan fingerprint density at radius 3 is 2.38 bits per heavy atom. The van der Waals surface area contributed by atoms with E-state index >= 15 is 0 Å². The molecule has 0 spiro atoms. The number of aryl methyl sites for hydroxylation is 2. The van der Waals surface area contributed by atoms with Gasteiger partial charge in [0.15, 0.2) is 0 Å². The van der Waals surface area contributed by atoms with Crippen LogP contribution in [-0.4, -0.2) is 11.2 Å². The molecule has 3 rings (SSSR count). The van der Waals surface area contributed by atoms with Gasteiger partial charge in [0.1, 0.15) is 0 Å². The Labute approximate surface area is 154 Å². The molecule has 126 valence electrons. The average Bonchev–Trinajstić information content (AvgIpc) is 3.08. The number of benzene rings is 2. The molecule has 0 aliphatic rings. The predicted molar refractivity (Wildman–Crippen MR) is 109 cm³/mol. The van der Waals surface area contributed by atoms with Crippen LogP contribution in [0.3, 0.4) is 0 Å². The largest absolute Gasteiger partial charge is 0.241 e. The van der Waals surface area contributed by atoms with Crippen molar-refractivity contribution in [3.8, 4) is 11.3 Å². The highest BCUT2D eigenvalue weighted by atomic mass is 32.2. The van der Waals surface area contributed by atoms with Crippen LogP contribution < -0.4 is 0 Å². The third-order valence-electron chi connectivity index (χ3n) is 3.78. The molecule has 1 heterocycles. The van der Waals surface area contributed by atoms with Crippen LogP contribution in [0.2, 0.25) is 0 Å². The first-order valence-corrected chi connectivity index (χ1v) is 10.4. The number of nitrogens with zero attached hydrogens (tertiary/aromatic N) is 1. The summed E-state index contributed by atoms with van der Waals surface area (Å²) in [6.45, 7) is 8.31. The molecule has 0 radical (unpaired) electrons. The summed E-state index contributed by atoms with van der Waals surface area (Å²) in [5.74, 6) is 0. The smallest absolute Gasteiger partial charge is 0.0976 e. The average molecular weight is 356 g/mol. The molecule has 0 aliphatic carbocycles. The Morgan fingerprint density at radius 1 is 1.00 bits per heavy atom. The molecule has 0 amide bonds. The van der Waals surface area contributed by atoms with Gasteiger partial charge >= 0.3 is 0 Å². The molecule has 0 saturated carbocycles. The summed E-state index contributed by atoms with van der Waals surface area (Å²) in [5.41, 5.74) is 6.30. The minimum atomic E-state index is 0.918. The fourth-order valence-corrected chi connectivity index (χ4v) is 3.67. The van der Waals surface area contributed by atoms with Crippen LogP contribution in [-0.2, 0) is 6.42 Å². The number of thioether (sulfide) groups is 1. The van der Waals surface area contributed by atoms with Crippen molar-refractivity contribution in [2.45, 2.75) is 39.0 Å². The van der Waals surface area contributed by atoms with E-state index in [1.165, 1.54) is 32.2 Å². The van der Waals surface area contributed by atoms with Crippen molar-refractivity contribution < 1.29 is 0 Å². The van der Waals surface area contributed by atoms with Crippen molar-refractivity contribution in [2.24, 2.45) is 0 Å². The third-order valence-corrected chi connectivity index (χ3v) is 5.38. The molecule has 0 bridgehead atoms. The summed E-state index contributed by atoms with van der Waals surface area (Å²) in [4.78, 5) is 6.10. The highest BCUT2D eigenvalue weighted by Gasteiger charge is 2.07. The van der Waals surface area contributed by atoms with Crippen LogP contribution in [0.4, 0.5) is 0 Å². The van der Waals surface area contributed by atoms with Crippen LogP contribution in [0.5, 0.6) is 0 Å². The molecule has 0 unspecified atom stereocenters. The topological polar surface area (TPSA) is 12.9 Å². The van der Waals surface area contributed by atoms with Gasteiger partial charge in [0.2, 0.25) is 0 Å². The Kier molecular flexibility index (Phi) is 7.07. The van der Waals surface area contributed by atoms with Crippen molar-refractivity contribution in [3.63, 3.8) is 0 Å². The molecule has 0 fully saturated rings. The number of hydrogen-bond acceptors (Lipinski definition) is 3. The first kappa shape index (κ1) is 18.8. The maximum absolute atomic E-state index is 4.81. The predicted octanol–water partition coefficient (Wildman–Crippen LogP) is 6.77. The molecule has 0 aliphatic heterocycles. The fraction of sp³-hybridized carbons (Fsp3) is 0.286. The van der Waals surface area contributed by atoms with E-state index in [1.807, 2.05) is 13.8 Å². The molecular formula is C21H25NS2. The Bertz CT molecular complexity index is 773. The summed E-state index contributed by atoms with van der Waals surface area (Å²) in [6.07, 6.45) is 3.02. The standard InChI is InChI=1S/C19H19NS2.C2H6/c1-13-4-5-14(2)16(10-13)11-19-20-18(12-22-19)15-6-8-17(21-3)9-7-15;1-2/h4-10,12H,11H2,1-3H3;1-2H3. The van der Waals surface area contributed by atoms with Crippen LogP contribution in [0.1, 0.15) is 35.5 Å². The van der Waals surface area contributed by atoms with Crippen molar-refractivity contribution in [1.29, 1.82) is 0 Å². The molecule has 0 atom stereocenters. The summed E-state index contributed by atoms with van der Waals surface area (Å²) >= 11 is 3.51. The van der Waals surface area contributed by atoms with E-state index in [-0.39, 0.29) is 0 Å². The lowest BCUT2D eigenvalue weighted by Gasteiger charge is -2.05. The Balaban J connectivity index is 0.00000100. The van der Waals surface area contributed by atoms with E-state index in [2.05, 4.69) is 67.9 Å². The highest BCUT2D eigenvalue weighted by Crippen LogP contribution is 2.26. The first-order chi connectivity index (χ1) is 11.7. The zero-order valence-electron chi connectivity index (χ0n) is 15.1. The van der Waals surface area contributed by atoms with Crippen molar-refractivity contribution in [2.75, 3.05) is 6.26 Å². The van der Waals surface area contributed by atoms with Crippen molar-refractivity contribution in [3.05, 3.63) is 69.5 Å². The molecule has 0 saturated heterocycles. The Morgan fingerprint density at radius 2 is 1.71 bits per heavy atom. The van der Waals surface area contributed by atoms with Crippen molar-refractivity contribution >= 4 is 23.1 Å². The van der Waals surface area contributed by atoms with Gasteiger partial charge in [0, 0.05) is 22.3 Å². The second-order valence-corrected chi connectivity index (χ2v) is 7.28. The van der Waals surface area contributed by atoms with E-state index in [0.29, 0.717) is 0 Å². The molecule has 3 aromatic rings. The van der Waals surface area contributed by atoms with E-state index in [1.54, 1.807) is 23.1 Å². The van der Waals surface area contributed by atoms with Crippen LogP contribution in [0.15, 0.2) is 52.7 Å². The third kappa shape index (κ3) is 4.71. The van der Waals surface area contributed by atoms with Gasteiger partial charge in [-0.3, -0.25) is 0 Å². The summed E-state index contributed by atoms with van der Waals surface area (Å²) in [7, 11) is 0. The lowest BCUT2D eigenvalue weighted by molar-refractivity contribution is 1.11. The zero-order valence-corrected chi connectivity index (χ0v) is 16.7. The van der Waals surface area contributed by atoms with Gasteiger partial charge in [-0.15, -0.1) is 23.1 Å². The van der Waals surface area contributed by atoms with Gasteiger partial charge in [0.25, 0.3) is 0 Å². The molecule has 2 aromatic carbocycles. The Hall–Kier alpha value is -1.58. The molecule has 1 aromatic heterocycles. The lowest BCUT2D eigenvalue weighted by Crippen LogP contribution is -1.92. The first-order valence-electron chi connectivity index (χ1n) is 8.30. The molecule has 24 heavy (non-hydrogen) atoms. The minimum absolute atomic E-state index is 0.918. The summed E-state index contributed by atoms with van der Waals surface area (Å²) in [5, 5.41) is 3.34. The monoisotopic (exact) mass is 355 g/mol. The molecule has 0 N–H and O–H groups in total. The zero-order chi connectivity index (χ0) is 17.5. The number of thiazole rings is 1. The van der Waals surface area contributed by atoms with Gasteiger partial charge in [0.05, 0.1) is 10.7 Å². The number of rotatable bonds is 4. The normalized spacial score (nSPS) is 10.2. The highest BCUT2D eigenvalue weighted by molar-refractivity contribution is 7.98. The molecule has 1 nitrogen and oxygen atoms in total. The molecular weight excluding hydrogens is 330 g/mol. The van der Waals surface area contributed by atoms with Gasteiger partial charge in [-0.05, 0) is 43.4 Å². The molecule has 3 heteroatoms. The quantitative estimate of drug-likeness (QED) is 0.479. The summed E-state index contributed by atoms with van der Waals surface area (Å²) in [6, 6.07) is 15.3. The number of aromatic nitrogens is 1. The fourth-order valence-electron chi connectivity index (χ4n) is 2.44. The van der Waals surface area contributed by atoms with Crippen LogP contribution in [0, 0.1) is 13.8 Å². The van der Waals surface area contributed by atoms with Gasteiger partial charge in [-0.25, -0.2) is 4.98 Å². The van der Waals surface area contributed by atoms with Gasteiger partial charge in [-0.2, -0.15) is 0 Å². The second-order valence-electron chi connectivity index (χ2n) is 5.46. The van der Waals surface area contributed by atoms with Gasteiger partial charge in [-0.1, -0.05) is 49.7 Å². The van der Waals surface area contributed by atoms with E-state index in [0.717, 1.165) is 12.1 Å². The van der Waals surface area contributed by atoms with E-state index in [9.17, 15) is 0 Å². The van der Waals surface area contributed by atoms with Crippen LogP contribution in [0.25, 0.3) is 11.3 Å². The summed E-state index contributed by atoms with van der Waals surface area (Å²) < 4.78 is 0. The second kappa shape index (κ2) is 9.05. The maximum atomic E-state index is 4.81. The van der Waals surface area contributed by atoms with E-state index in [4.69, 9.17) is 4.98 Å². The lowest BCUT2D eigenvalue weighted by atomic mass is 10.0. The van der Waals surface area contributed by atoms with Crippen molar-refractivity contribution in [1.82, 2.24) is 4.98 Å². The maximum Gasteiger partial charge on any atom is 0.0976 e. The SMILES string of the molecule is CC.CSc1ccc(-c2csc(Cc3cc(C)ccc3C)n2)cc1. The van der Waals surface area contributed by atoms with E-state index < -0.39 is 0 Å². The van der Waals surface area contributed by atoms with Crippen LogP contribution >= 0.6 is 23.1 Å². The minimum Gasteiger partial charge on any atom is -0.241 e. The number of hydrogen-bond donors (Lipinski definition) is 0.